The molecule has 2 aliphatic rings. The molecular formula is C22H23ClN2O3. The number of halogens is 1. The molecule has 5 nitrogen and oxygen atoms in total. The number of carbonyl (C=O) groups is 2. The fourth-order valence-electron chi connectivity index (χ4n) is 4.08. The number of amides is 2. The first kappa shape index (κ1) is 18.8. The highest BCUT2D eigenvalue weighted by Crippen LogP contribution is 2.45. The number of hydrogen-bond donors (Lipinski definition) is 1. The lowest BCUT2D eigenvalue weighted by Crippen LogP contribution is -2.46. The van der Waals surface area contributed by atoms with Crippen LogP contribution in [0.5, 0.6) is 5.75 Å². The molecule has 6 heteroatoms. The van der Waals surface area contributed by atoms with Gasteiger partial charge in [0.2, 0.25) is 11.8 Å². The molecule has 4 rings (SSSR count). The van der Waals surface area contributed by atoms with Gasteiger partial charge >= 0.3 is 0 Å². The van der Waals surface area contributed by atoms with Crippen molar-refractivity contribution in [3.63, 3.8) is 0 Å². The van der Waals surface area contributed by atoms with Gasteiger partial charge < -0.3 is 15.0 Å². The van der Waals surface area contributed by atoms with Crippen molar-refractivity contribution in [3.05, 3.63) is 53.1 Å². The van der Waals surface area contributed by atoms with Crippen molar-refractivity contribution in [2.45, 2.75) is 37.5 Å². The Balaban J connectivity index is 1.60. The van der Waals surface area contributed by atoms with Crippen LogP contribution in [0.25, 0.3) is 0 Å². The van der Waals surface area contributed by atoms with Gasteiger partial charge in [0.1, 0.15) is 5.75 Å². The number of benzene rings is 2. The van der Waals surface area contributed by atoms with Crippen LogP contribution in [-0.4, -0.2) is 25.5 Å². The van der Waals surface area contributed by atoms with Crippen LogP contribution in [0.1, 0.15) is 37.7 Å². The normalized spacial score (nSPS) is 17.9. The molecule has 1 aliphatic carbocycles. The number of anilines is 2. The van der Waals surface area contributed by atoms with Gasteiger partial charge in [-0.1, -0.05) is 30.2 Å². The molecule has 1 saturated heterocycles. The summed E-state index contributed by atoms with van der Waals surface area (Å²) in [5.74, 6) is 0.688. The quantitative estimate of drug-likeness (QED) is 0.804. The topological polar surface area (TPSA) is 58.6 Å². The maximum absolute atomic E-state index is 13.2. The second-order valence-electron chi connectivity index (χ2n) is 7.43. The molecular weight excluding hydrogens is 376 g/mol. The molecule has 0 bridgehead atoms. The summed E-state index contributed by atoms with van der Waals surface area (Å²) in [5, 5.41) is 3.72. The Morgan fingerprint density at radius 1 is 1.14 bits per heavy atom. The molecule has 1 saturated carbocycles. The van der Waals surface area contributed by atoms with Gasteiger partial charge in [-0.3, -0.25) is 9.59 Å². The third-order valence-corrected chi connectivity index (χ3v) is 6.09. The number of nitrogens with zero attached hydrogens (tertiary/aromatic N) is 1. The molecule has 1 aliphatic heterocycles. The average Bonchev–Trinajstić information content (AvgIpc) is 3.08. The van der Waals surface area contributed by atoms with E-state index in [-0.39, 0.29) is 11.8 Å². The van der Waals surface area contributed by atoms with E-state index in [4.69, 9.17) is 16.3 Å². The van der Waals surface area contributed by atoms with Crippen molar-refractivity contribution in [1.82, 2.24) is 0 Å². The van der Waals surface area contributed by atoms with Gasteiger partial charge in [-0.2, -0.15) is 0 Å². The van der Waals surface area contributed by atoms with Crippen molar-refractivity contribution < 1.29 is 14.3 Å². The summed E-state index contributed by atoms with van der Waals surface area (Å²) in [6.45, 7) is 0.668. The van der Waals surface area contributed by atoms with Gasteiger partial charge in [0.05, 0.1) is 18.2 Å². The van der Waals surface area contributed by atoms with Crippen LogP contribution in [0.4, 0.5) is 11.4 Å². The second-order valence-corrected chi connectivity index (χ2v) is 7.87. The molecule has 0 atom stereocenters. The minimum atomic E-state index is -0.520. The molecule has 0 unspecified atom stereocenters. The van der Waals surface area contributed by atoms with E-state index in [9.17, 15) is 9.59 Å². The highest BCUT2D eigenvalue weighted by atomic mass is 35.5. The van der Waals surface area contributed by atoms with Gasteiger partial charge in [0.15, 0.2) is 0 Å². The van der Waals surface area contributed by atoms with Crippen LogP contribution in [0.15, 0.2) is 42.5 Å². The highest BCUT2D eigenvalue weighted by Gasteiger charge is 2.45. The van der Waals surface area contributed by atoms with Crippen molar-refractivity contribution in [3.8, 4) is 5.75 Å². The molecule has 1 heterocycles. The third-order valence-electron chi connectivity index (χ3n) is 5.84. The number of nitrogens with one attached hydrogen (secondary N) is 1. The summed E-state index contributed by atoms with van der Waals surface area (Å²) in [6, 6.07) is 13.0. The highest BCUT2D eigenvalue weighted by molar-refractivity contribution is 6.30. The van der Waals surface area contributed by atoms with E-state index in [2.05, 4.69) is 5.32 Å². The van der Waals surface area contributed by atoms with Crippen LogP contribution in [0, 0.1) is 0 Å². The first-order valence-corrected chi connectivity index (χ1v) is 9.97. The van der Waals surface area contributed by atoms with E-state index < -0.39 is 5.41 Å². The average molecular weight is 399 g/mol. The molecule has 1 N–H and O–H groups in total. The van der Waals surface area contributed by atoms with Crippen LogP contribution in [0.3, 0.4) is 0 Å². The number of hydrogen-bond acceptors (Lipinski definition) is 3. The van der Waals surface area contributed by atoms with Gasteiger partial charge in [-0.05, 0) is 55.2 Å². The maximum Gasteiger partial charge on any atom is 0.235 e. The molecule has 2 aromatic carbocycles. The monoisotopic (exact) mass is 398 g/mol. The Hall–Kier alpha value is -2.53. The Bertz CT molecular complexity index is 906. The first-order valence-electron chi connectivity index (χ1n) is 9.59. The predicted molar refractivity (Wildman–Crippen MR) is 110 cm³/mol. The minimum absolute atomic E-state index is 0.0232. The summed E-state index contributed by atoms with van der Waals surface area (Å²) in [6.07, 6.45) is 4.02. The van der Waals surface area contributed by atoms with E-state index in [0.29, 0.717) is 35.1 Å². The molecule has 28 heavy (non-hydrogen) atoms. The molecule has 146 valence electrons. The predicted octanol–water partition coefficient (Wildman–Crippen LogP) is 4.54. The third kappa shape index (κ3) is 3.24. The fourth-order valence-corrected chi connectivity index (χ4v) is 4.20. The second kappa shape index (κ2) is 7.47. The van der Waals surface area contributed by atoms with Crippen molar-refractivity contribution in [2.24, 2.45) is 0 Å². The molecule has 0 aromatic heterocycles. The summed E-state index contributed by atoms with van der Waals surface area (Å²) in [5.41, 5.74) is 1.84. The summed E-state index contributed by atoms with van der Waals surface area (Å²) >= 11 is 6.01. The number of methoxy groups -OCH3 is 1. The lowest BCUT2D eigenvalue weighted by atomic mass is 9.64. The summed E-state index contributed by atoms with van der Waals surface area (Å²) in [4.78, 5) is 27.1. The molecule has 2 amide bonds. The van der Waals surface area contributed by atoms with E-state index in [1.165, 1.54) is 0 Å². The van der Waals surface area contributed by atoms with E-state index in [1.54, 1.807) is 18.1 Å². The van der Waals surface area contributed by atoms with Crippen LogP contribution in [0.2, 0.25) is 5.02 Å². The molecule has 0 radical (unpaired) electrons. The van der Waals surface area contributed by atoms with E-state index in [1.807, 2.05) is 36.4 Å². The Morgan fingerprint density at radius 3 is 2.46 bits per heavy atom. The van der Waals surface area contributed by atoms with Crippen molar-refractivity contribution >= 4 is 34.8 Å². The van der Waals surface area contributed by atoms with Crippen LogP contribution < -0.4 is 15.0 Å². The van der Waals surface area contributed by atoms with Crippen LogP contribution in [-0.2, 0) is 15.0 Å². The first-order chi connectivity index (χ1) is 13.5. The zero-order chi connectivity index (χ0) is 19.7. The van der Waals surface area contributed by atoms with E-state index >= 15 is 0 Å². The molecule has 0 spiro atoms. The van der Waals surface area contributed by atoms with Gasteiger partial charge in [0.25, 0.3) is 0 Å². The Morgan fingerprint density at radius 2 is 1.89 bits per heavy atom. The van der Waals surface area contributed by atoms with Crippen molar-refractivity contribution in [2.75, 3.05) is 23.9 Å². The van der Waals surface area contributed by atoms with Gasteiger partial charge in [0, 0.05) is 23.7 Å². The van der Waals surface area contributed by atoms with Gasteiger partial charge in [-0.25, -0.2) is 0 Å². The number of carbonyl (C=O) groups excluding carboxylic acids is 2. The zero-order valence-electron chi connectivity index (χ0n) is 15.8. The summed E-state index contributed by atoms with van der Waals surface area (Å²) < 4.78 is 5.43. The summed E-state index contributed by atoms with van der Waals surface area (Å²) in [7, 11) is 1.58. The molecule has 2 aromatic rings. The Labute approximate surface area is 169 Å². The molecule has 2 fully saturated rings. The fraction of sp³-hybridized carbons (Fsp3) is 0.364. The minimum Gasteiger partial charge on any atom is -0.495 e. The number of ether oxygens (including phenoxy) is 1. The zero-order valence-corrected chi connectivity index (χ0v) is 16.6. The maximum atomic E-state index is 13.2. The Kier molecular flexibility index (Phi) is 5.02. The standard InChI is InChI=1S/C22H23ClN2O3/c1-28-19-10-9-17(14-18(19)25-13-2-4-20(25)26)24-21(27)22(11-3-12-22)15-5-7-16(23)8-6-15/h5-10,14H,2-4,11-13H2,1H3,(H,24,27). The number of rotatable bonds is 5. The van der Waals surface area contributed by atoms with Crippen molar-refractivity contribution in [1.29, 1.82) is 0 Å². The smallest absolute Gasteiger partial charge is 0.235 e. The van der Waals surface area contributed by atoms with E-state index in [0.717, 1.165) is 31.2 Å². The largest absolute Gasteiger partial charge is 0.495 e. The van der Waals surface area contributed by atoms with Gasteiger partial charge in [-0.15, -0.1) is 0 Å². The lowest BCUT2D eigenvalue weighted by Gasteiger charge is -2.40. The van der Waals surface area contributed by atoms with Crippen LogP contribution >= 0.6 is 11.6 Å². The SMILES string of the molecule is COc1ccc(NC(=O)C2(c3ccc(Cl)cc3)CCC2)cc1N1CCCC1=O. The lowest BCUT2D eigenvalue weighted by molar-refractivity contribution is -0.124.